The van der Waals surface area contributed by atoms with E-state index in [9.17, 15) is 13.6 Å². The van der Waals surface area contributed by atoms with Crippen LogP contribution in [0.15, 0.2) is 18.5 Å². The van der Waals surface area contributed by atoms with Crippen molar-refractivity contribution in [2.24, 2.45) is 0 Å². The molecule has 0 aliphatic carbocycles. The summed E-state index contributed by atoms with van der Waals surface area (Å²) in [6.07, 6.45) is -0.552. The van der Waals surface area contributed by atoms with Gasteiger partial charge in [-0.1, -0.05) is 0 Å². The zero-order valence-electron chi connectivity index (χ0n) is 13.9. The molecule has 0 fully saturated rings. The highest BCUT2D eigenvalue weighted by molar-refractivity contribution is 7.11. The average Bonchev–Trinajstić information content (AvgIpc) is 3.07. The van der Waals surface area contributed by atoms with Crippen LogP contribution in [0.4, 0.5) is 13.6 Å². The summed E-state index contributed by atoms with van der Waals surface area (Å²) in [6, 6.07) is 3.80. The van der Waals surface area contributed by atoms with Gasteiger partial charge >= 0.3 is 6.03 Å². The molecule has 1 atom stereocenters. The lowest BCUT2D eigenvalue weighted by atomic mass is 10.2. The number of rotatable bonds is 7. The standard InChI is InChI=1S/C15H21F2N5OS/c1-10(6-12-5-4-11(2)24-12)20-15(23)21(3)8-14-18-9-19-22(14)7-13(16)17/h4-5,9-10,13H,6-8H2,1-3H3,(H,20,23). The highest BCUT2D eigenvalue weighted by atomic mass is 32.1. The van der Waals surface area contributed by atoms with Gasteiger partial charge in [-0.2, -0.15) is 5.10 Å². The minimum atomic E-state index is -2.51. The van der Waals surface area contributed by atoms with E-state index in [1.54, 1.807) is 18.4 Å². The Labute approximate surface area is 143 Å². The third-order valence-corrected chi connectivity index (χ3v) is 4.43. The summed E-state index contributed by atoms with van der Waals surface area (Å²) in [5.74, 6) is 0.328. The number of amides is 2. The molecule has 2 aromatic rings. The molecule has 0 aliphatic rings. The Hall–Kier alpha value is -2.03. The normalized spacial score (nSPS) is 12.4. The molecule has 6 nitrogen and oxygen atoms in total. The molecule has 1 N–H and O–H groups in total. The van der Waals surface area contributed by atoms with Gasteiger partial charge in [0, 0.05) is 29.3 Å². The first kappa shape index (κ1) is 18.3. The fraction of sp³-hybridized carbons (Fsp3) is 0.533. The van der Waals surface area contributed by atoms with E-state index < -0.39 is 13.0 Å². The van der Waals surface area contributed by atoms with E-state index in [-0.39, 0.29) is 18.6 Å². The van der Waals surface area contributed by atoms with Crippen molar-refractivity contribution in [3.8, 4) is 0 Å². The third kappa shape index (κ3) is 5.26. The number of aromatic nitrogens is 3. The number of hydrogen-bond donors (Lipinski definition) is 1. The molecule has 1 unspecified atom stereocenters. The van der Waals surface area contributed by atoms with Crippen molar-refractivity contribution in [2.75, 3.05) is 7.05 Å². The van der Waals surface area contributed by atoms with E-state index in [2.05, 4.69) is 27.5 Å². The second-order valence-corrected chi connectivity index (χ2v) is 7.04. The Bertz CT molecular complexity index is 672. The number of carbonyl (C=O) groups is 1. The molecule has 9 heteroatoms. The second kappa shape index (κ2) is 8.18. The number of urea groups is 1. The van der Waals surface area contributed by atoms with Crippen molar-refractivity contribution in [3.05, 3.63) is 34.0 Å². The van der Waals surface area contributed by atoms with E-state index in [4.69, 9.17) is 0 Å². The molecule has 0 spiro atoms. The van der Waals surface area contributed by atoms with Gasteiger partial charge in [0.1, 0.15) is 18.7 Å². The van der Waals surface area contributed by atoms with Crippen LogP contribution < -0.4 is 5.32 Å². The molecule has 2 aromatic heterocycles. The van der Waals surface area contributed by atoms with Crippen LogP contribution in [0.25, 0.3) is 0 Å². The van der Waals surface area contributed by atoms with E-state index in [0.717, 1.165) is 11.1 Å². The Morgan fingerprint density at radius 2 is 2.21 bits per heavy atom. The van der Waals surface area contributed by atoms with Gasteiger partial charge in [0.2, 0.25) is 0 Å². The number of carbonyl (C=O) groups excluding carboxylic acids is 1. The number of alkyl halides is 2. The highest BCUT2D eigenvalue weighted by Crippen LogP contribution is 2.16. The molecule has 132 valence electrons. The molecular formula is C15H21F2N5OS. The van der Waals surface area contributed by atoms with Gasteiger partial charge in [0.05, 0.1) is 6.54 Å². The molecule has 0 saturated heterocycles. The largest absolute Gasteiger partial charge is 0.335 e. The number of aryl methyl sites for hydroxylation is 1. The zero-order valence-corrected chi connectivity index (χ0v) is 14.7. The van der Waals surface area contributed by atoms with Crippen molar-refractivity contribution in [1.82, 2.24) is 25.0 Å². The van der Waals surface area contributed by atoms with Crippen LogP contribution in [0, 0.1) is 6.92 Å². The first-order valence-electron chi connectivity index (χ1n) is 7.57. The molecule has 2 amide bonds. The van der Waals surface area contributed by atoms with Gasteiger partial charge < -0.3 is 10.2 Å². The topological polar surface area (TPSA) is 63.1 Å². The first-order valence-corrected chi connectivity index (χ1v) is 8.38. The Balaban J connectivity index is 1.86. The van der Waals surface area contributed by atoms with E-state index in [0.29, 0.717) is 5.82 Å². The van der Waals surface area contributed by atoms with Crippen molar-refractivity contribution < 1.29 is 13.6 Å². The first-order chi connectivity index (χ1) is 11.3. The highest BCUT2D eigenvalue weighted by Gasteiger charge is 2.17. The molecule has 24 heavy (non-hydrogen) atoms. The third-order valence-electron chi connectivity index (χ3n) is 3.41. The Morgan fingerprint density at radius 3 is 2.83 bits per heavy atom. The number of nitrogens with one attached hydrogen (secondary N) is 1. The average molecular weight is 357 g/mol. The summed E-state index contributed by atoms with van der Waals surface area (Å²) in [5.41, 5.74) is 0. The SMILES string of the molecule is Cc1ccc(CC(C)NC(=O)N(C)Cc2ncnn2CC(F)F)s1. The summed E-state index contributed by atoms with van der Waals surface area (Å²) in [6.45, 7) is 3.56. The summed E-state index contributed by atoms with van der Waals surface area (Å²) < 4.78 is 26.1. The van der Waals surface area contributed by atoms with E-state index in [1.165, 1.54) is 21.0 Å². The van der Waals surface area contributed by atoms with Gasteiger partial charge in [-0.25, -0.2) is 23.2 Å². The lowest BCUT2D eigenvalue weighted by Gasteiger charge is -2.21. The summed E-state index contributed by atoms with van der Waals surface area (Å²) in [7, 11) is 1.60. The van der Waals surface area contributed by atoms with E-state index in [1.807, 2.05) is 13.8 Å². The molecule has 0 aromatic carbocycles. The minimum Gasteiger partial charge on any atom is -0.335 e. The number of halogens is 2. The van der Waals surface area contributed by atoms with Crippen LogP contribution in [0.3, 0.4) is 0 Å². The van der Waals surface area contributed by atoms with Gasteiger partial charge in [-0.15, -0.1) is 11.3 Å². The zero-order chi connectivity index (χ0) is 17.7. The maximum Gasteiger partial charge on any atom is 0.317 e. The smallest absolute Gasteiger partial charge is 0.317 e. The summed E-state index contributed by atoms with van der Waals surface area (Å²) in [5, 5.41) is 6.65. The van der Waals surface area contributed by atoms with Gasteiger partial charge in [0.25, 0.3) is 6.43 Å². The lowest BCUT2D eigenvalue weighted by molar-refractivity contribution is 0.119. The van der Waals surface area contributed by atoms with Crippen molar-refractivity contribution in [3.63, 3.8) is 0 Å². The van der Waals surface area contributed by atoms with Crippen LogP contribution in [0.1, 0.15) is 22.5 Å². The number of hydrogen-bond acceptors (Lipinski definition) is 4. The van der Waals surface area contributed by atoms with Gasteiger partial charge in [-0.05, 0) is 26.0 Å². The van der Waals surface area contributed by atoms with Gasteiger partial charge in [-0.3, -0.25) is 0 Å². The quantitative estimate of drug-likeness (QED) is 0.829. The van der Waals surface area contributed by atoms with Crippen molar-refractivity contribution >= 4 is 17.4 Å². The molecule has 0 aliphatic heterocycles. The maximum absolute atomic E-state index is 12.5. The van der Waals surface area contributed by atoms with Gasteiger partial charge in [0.15, 0.2) is 0 Å². The van der Waals surface area contributed by atoms with Crippen LogP contribution in [-0.2, 0) is 19.5 Å². The molecule has 2 heterocycles. The van der Waals surface area contributed by atoms with Crippen LogP contribution in [-0.4, -0.2) is 45.2 Å². The summed E-state index contributed by atoms with van der Waals surface area (Å²) in [4.78, 5) is 20.0. The fourth-order valence-electron chi connectivity index (χ4n) is 2.25. The monoisotopic (exact) mass is 357 g/mol. The second-order valence-electron chi connectivity index (χ2n) is 5.67. The Kier molecular flexibility index (Phi) is 6.24. The molecule has 2 rings (SSSR count). The molecular weight excluding hydrogens is 336 g/mol. The molecule has 0 saturated carbocycles. The predicted molar refractivity (Wildman–Crippen MR) is 88.2 cm³/mol. The van der Waals surface area contributed by atoms with Crippen LogP contribution >= 0.6 is 11.3 Å². The lowest BCUT2D eigenvalue weighted by Crippen LogP contribution is -2.42. The van der Waals surface area contributed by atoms with Crippen LogP contribution in [0.5, 0.6) is 0 Å². The maximum atomic E-state index is 12.5. The predicted octanol–water partition coefficient (Wildman–Crippen LogP) is 2.69. The molecule has 0 bridgehead atoms. The van der Waals surface area contributed by atoms with Crippen LogP contribution in [0.2, 0.25) is 0 Å². The number of nitrogens with zero attached hydrogens (tertiary/aromatic N) is 4. The number of thiophene rings is 1. The van der Waals surface area contributed by atoms with E-state index >= 15 is 0 Å². The molecule has 0 radical (unpaired) electrons. The van der Waals surface area contributed by atoms with Crippen molar-refractivity contribution in [1.29, 1.82) is 0 Å². The fourth-order valence-corrected chi connectivity index (χ4v) is 3.27. The Morgan fingerprint density at radius 1 is 1.46 bits per heavy atom. The summed E-state index contributed by atoms with van der Waals surface area (Å²) >= 11 is 1.71. The van der Waals surface area contributed by atoms with Crippen molar-refractivity contribution in [2.45, 2.75) is 45.8 Å². The minimum absolute atomic E-state index is 0.0306.